The molecule has 10 heterocycles. The summed E-state index contributed by atoms with van der Waals surface area (Å²) < 4.78 is 0. The second-order valence-electron chi connectivity index (χ2n) is 11.8. The molecule has 2 aromatic carbocycles. The number of imidazole rings is 10. The van der Waals surface area contributed by atoms with E-state index in [1.165, 1.54) is 0 Å². The van der Waals surface area contributed by atoms with Crippen LogP contribution < -0.4 is 20.4 Å². The van der Waals surface area contributed by atoms with E-state index in [4.69, 9.17) is 0 Å². The van der Waals surface area contributed by atoms with E-state index in [9.17, 15) is 39.6 Å². The number of nitrogens with one attached hydrogen (secondary N) is 10. The van der Waals surface area contributed by atoms with Gasteiger partial charge >= 0.3 is 34.1 Å². The van der Waals surface area contributed by atoms with Crippen molar-refractivity contribution < 1.29 is 90.2 Å². The van der Waals surface area contributed by atoms with E-state index in [-0.39, 0.29) is 50.6 Å². The summed E-state index contributed by atoms with van der Waals surface area (Å²) in [5.74, 6) is -7.25. The largest absolute Gasteiger partial charge is 2.00 e. The summed E-state index contributed by atoms with van der Waals surface area (Å²) >= 11 is 0. The van der Waals surface area contributed by atoms with Gasteiger partial charge in [-0.2, -0.15) is 0 Å². The molecule has 0 amide bonds. The van der Waals surface area contributed by atoms with Crippen LogP contribution in [-0.2, 0) is 34.1 Å². The van der Waals surface area contributed by atoms with Crippen LogP contribution in [0.3, 0.4) is 0 Å². The van der Waals surface area contributed by atoms with Gasteiger partial charge in [-0.3, -0.25) is 0 Å². The van der Waals surface area contributed by atoms with Gasteiger partial charge in [0.15, 0.2) is 0 Å². The average molecular weight is 1160 g/mol. The second-order valence-corrected chi connectivity index (χ2v) is 11.8. The molecular weight excluding hydrogens is 1110 g/mol. The van der Waals surface area contributed by atoms with Crippen LogP contribution >= 0.6 is 0 Å². The number of rotatable bonds is 4. The summed E-state index contributed by atoms with van der Waals surface area (Å²) in [7, 11) is 0. The van der Waals surface area contributed by atoms with Crippen LogP contribution in [0.2, 0.25) is 0 Å². The van der Waals surface area contributed by atoms with Crippen LogP contribution in [0.15, 0.2) is 211 Å². The van der Waals surface area contributed by atoms with E-state index in [0.29, 0.717) is 0 Å². The molecule has 0 aliphatic heterocycles. The molecule has 414 valence electrons. The third-order valence-corrected chi connectivity index (χ3v) is 7.10. The number of fused-ring (bicyclic) bond motifs is 1. The van der Waals surface area contributed by atoms with Crippen LogP contribution in [0.5, 0.6) is 0 Å². The van der Waals surface area contributed by atoms with Crippen LogP contribution in [0.1, 0.15) is 41.4 Å². The Morgan fingerprint density at radius 3 is 0.429 bits per heavy atom. The average Bonchev–Trinajstić information content (AvgIpc) is 4.28. The Morgan fingerprint density at radius 1 is 0.260 bits per heavy atom. The first-order valence-electron chi connectivity index (χ1n) is 20.0. The maximum atomic E-state index is 11.1. The molecule has 0 unspecified atom stereocenters. The first-order chi connectivity index (χ1) is 35.3. The summed E-state index contributed by atoms with van der Waals surface area (Å²) in [6.07, 6.45) is 50.8. The minimum atomic E-state index is -1.81. The van der Waals surface area contributed by atoms with Crippen LogP contribution in [0.25, 0.3) is 10.8 Å². The summed E-state index contributed by atoms with van der Waals surface area (Å²) in [6.45, 7) is 0. The van der Waals surface area contributed by atoms with E-state index in [2.05, 4.69) is 99.7 Å². The van der Waals surface area contributed by atoms with Crippen LogP contribution in [0.4, 0.5) is 0 Å². The van der Waals surface area contributed by atoms with E-state index in [0.717, 1.165) is 24.3 Å². The van der Waals surface area contributed by atoms with Gasteiger partial charge in [-0.15, -0.1) is 0 Å². The topological polar surface area (TPSA) is 542 Å². The number of benzene rings is 2. The number of aromatic nitrogens is 20. The number of aromatic carboxylic acids is 4. The third-order valence-electron chi connectivity index (χ3n) is 7.10. The van der Waals surface area contributed by atoms with Crippen molar-refractivity contribution in [3.8, 4) is 0 Å². The quantitative estimate of drug-likeness (QED) is 0.0845. The predicted molar refractivity (Wildman–Crippen MR) is 258 cm³/mol. The van der Waals surface area contributed by atoms with Gasteiger partial charge in [0.2, 0.25) is 0 Å². The first-order valence-corrected chi connectivity index (χ1v) is 20.0. The van der Waals surface area contributed by atoms with Gasteiger partial charge < -0.3 is 106 Å². The van der Waals surface area contributed by atoms with Crippen LogP contribution in [0, 0.1) is 0 Å². The van der Waals surface area contributed by atoms with Gasteiger partial charge in [-0.25, -0.2) is 49.8 Å². The Bertz CT molecular complexity index is 2190. The number of carboxylic acid groups (broad SMARTS) is 4. The number of H-pyrrole nitrogens is 10. The number of aromatic amines is 10. The van der Waals surface area contributed by atoms with Crippen molar-refractivity contribution in [3.63, 3.8) is 0 Å². The maximum absolute atomic E-state index is 11.1. The molecule has 33 heteroatoms. The number of hydrogen-bond acceptors (Lipinski definition) is 18. The third kappa shape index (κ3) is 36.2. The van der Waals surface area contributed by atoms with Crippen molar-refractivity contribution >= 4 is 34.6 Å². The molecule has 16 N–H and O–H groups in total. The number of carbonyl (C=O) groups is 4. The summed E-state index contributed by atoms with van der Waals surface area (Å²) in [4.78, 5) is 109. The van der Waals surface area contributed by atoms with Crippen molar-refractivity contribution in [2.24, 2.45) is 0 Å². The smallest absolute Gasteiger partial charge is 0.545 e. The normalized spacial score (nSPS) is 8.16. The van der Waals surface area contributed by atoms with Crippen molar-refractivity contribution in [1.82, 2.24) is 99.7 Å². The Kier molecular flexibility index (Phi) is 48.0. The van der Waals surface area contributed by atoms with Crippen molar-refractivity contribution in [2.75, 3.05) is 0 Å². The molecule has 0 aliphatic carbocycles. The Balaban J connectivity index is -0.000000406. The summed E-state index contributed by atoms with van der Waals surface area (Å²) in [5, 5.41) is 43.1. The predicted octanol–water partition coefficient (Wildman–Crippen LogP) is -2.09. The van der Waals surface area contributed by atoms with E-state index < -0.39 is 56.9 Å². The molecule has 0 saturated heterocycles. The van der Waals surface area contributed by atoms with Gasteiger partial charge in [0.1, 0.15) is 0 Å². The zero-order valence-corrected chi connectivity index (χ0v) is 41.4. The Morgan fingerprint density at radius 2 is 0.377 bits per heavy atom. The van der Waals surface area contributed by atoms with Gasteiger partial charge in [-0.05, 0) is 0 Å². The molecule has 0 fully saturated rings. The molecule has 0 atom stereocenters. The fourth-order valence-corrected chi connectivity index (χ4v) is 4.33. The molecule has 12 rings (SSSR count). The molecule has 10 aromatic heterocycles. The molecule has 0 bridgehead atoms. The van der Waals surface area contributed by atoms with Crippen molar-refractivity contribution in [2.45, 2.75) is 0 Å². The second kappa shape index (κ2) is 50.5. The first kappa shape index (κ1) is 73.1. The number of hydrogen-bond donors (Lipinski definition) is 10. The Labute approximate surface area is 456 Å². The Hall–Kier alpha value is -10.4. The molecule has 77 heavy (non-hydrogen) atoms. The van der Waals surface area contributed by atoms with Crippen molar-refractivity contribution in [3.05, 3.63) is 234 Å². The molecule has 0 aliphatic rings. The standard InChI is InChI=1S/C14H8O8.10C3H4N2.2Cu.3H2O/c15-11(16)5-1-2-6(12(17)18)10-8(14(21)22)4-3-7(9(5)10)13(19)20;10*1-2-5-3-4-1;;;;;/h1-4H,(H,15,16)(H,17,18)(H,19,20)(H,21,22);10*1-3H,(H,4,5);;;3*1H2/q;;;;;;;;;;;2*+2;;;/p-4. The summed E-state index contributed by atoms with van der Waals surface area (Å²) in [5.41, 5.74) is -2.77. The SMILES string of the molecule is O.O.O.O=C([O-])c1ccc(C(=O)[O-])c2c(C(=O)[O-])ccc(C(=O)[O-])c12.[Cu+2].[Cu+2].c1c[nH]cn1.c1c[nH]cn1.c1c[nH]cn1.c1c[nH]cn1.c1c[nH]cn1.c1c[nH]cn1.c1c[nH]cn1.c1c[nH]cn1.c1c[nH]cn1.c1c[nH]cn1. The molecular formula is C44H50Cu2N20O11. The fourth-order valence-electron chi connectivity index (χ4n) is 4.33. The molecule has 12 aromatic rings. The molecule has 2 radical (unpaired) electrons. The van der Waals surface area contributed by atoms with Crippen LogP contribution in [-0.4, -0.2) is 140 Å². The zero-order chi connectivity index (χ0) is 52.0. The van der Waals surface area contributed by atoms with E-state index in [1.807, 2.05) is 0 Å². The monoisotopic (exact) mass is 1160 g/mol. The zero-order valence-electron chi connectivity index (χ0n) is 39.5. The van der Waals surface area contributed by atoms with Gasteiger partial charge in [0.05, 0.1) is 87.2 Å². The number of carboxylic acids is 4. The minimum Gasteiger partial charge on any atom is -0.545 e. The molecule has 0 saturated carbocycles. The van der Waals surface area contributed by atoms with Gasteiger partial charge in [-0.1, -0.05) is 24.3 Å². The molecule has 0 spiro atoms. The van der Waals surface area contributed by atoms with E-state index >= 15 is 0 Å². The van der Waals surface area contributed by atoms with Gasteiger partial charge in [0.25, 0.3) is 0 Å². The van der Waals surface area contributed by atoms with E-state index in [1.54, 1.807) is 187 Å². The van der Waals surface area contributed by atoms with Gasteiger partial charge in [0, 0.05) is 157 Å². The fraction of sp³-hybridized carbons (Fsp3) is 0. The maximum Gasteiger partial charge on any atom is 2.00 e. The molecule has 31 nitrogen and oxygen atoms in total. The van der Waals surface area contributed by atoms with Crippen molar-refractivity contribution in [1.29, 1.82) is 0 Å². The number of carbonyl (C=O) groups excluding carboxylic acids is 4. The minimum absolute atomic E-state index is 0. The summed E-state index contributed by atoms with van der Waals surface area (Å²) in [6, 6.07) is 3.14. The number of nitrogens with zero attached hydrogens (tertiary/aromatic N) is 10.